The summed E-state index contributed by atoms with van der Waals surface area (Å²) in [5.41, 5.74) is 3.02. The Kier molecular flexibility index (Phi) is 4.44. The Labute approximate surface area is 155 Å². The summed E-state index contributed by atoms with van der Waals surface area (Å²) >= 11 is 3.58. The molecular formula is C20H19BrN2O2. The van der Waals surface area contributed by atoms with Crippen LogP contribution >= 0.6 is 15.9 Å². The molecule has 25 heavy (non-hydrogen) atoms. The maximum Gasteiger partial charge on any atom is 0.247 e. The van der Waals surface area contributed by atoms with E-state index in [1.165, 1.54) is 11.1 Å². The molecule has 1 aliphatic rings. The number of hydrogen-bond donors (Lipinski definition) is 0. The van der Waals surface area contributed by atoms with Crippen molar-refractivity contribution in [3.8, 4) is 11.5 Å². The van der Waals surface area contributed by atoms with E-state index in [4.69, 9.17) is 9.15 Å². The molecule has 4 rings (SSSR count). The molecule has 0 N–H and O–H groups in total. The Morgan fingerprint density at radius 2 is 1.80 bits per heavy atom. The molecule has 128 valence electrons. The first kappa shape index (κ1) is 16.5. The molecule has 1 saturated heterocycles. The van der Waals surface area contributed by atoms with Gasteiger partial charge in [-0.05, 0) is 49.6 Å². The summed E-state index contributed by atoms with van der Waals surface area (Å²) in [7, 11) is 0. The lowest BCUT2D eigenvalue weighted by atomic mass is 9.74. The lowest BCUT2D eigenvalue weighted by Crippen LogP contribution is -2.35. The fraction of sp³-hybridized carbons (Fsp3) is 0.300. The number of halogens is 1. The highest BCUT2D eigenvalue weighted by molar-refractivity contribution is 9.10. The van der Waals surface area contributed by atoms with Crippen molar-refractivity contribution in [3.63, 3.8) is 0 Å². The molecule has 2 heterocycles. The Morgan fingerprint density at radius 1 is 1.00 bits per heavy atom. The minimum atomic E-state index is -0.295. The van der Waals surface area contributed by atoms with Crippen LogP contribution in [0.3, 0.4) is 0 Å². The first-order chi connectivity index (χ1) is 12.2. The van der Waals surface area contributed by atoms with E-state index in [1.54, 1.807) is 0 Å². The molecule has 1 fully saturated rings. The van der Waals surface area contributed by atoms with Crippen LogP contribution in [0.2, 0.25) is 0 Å². The van der Waals surface area contributed by atoms with Crippen molar-refractivity contribution in [2.75, 3.05) is 13.2 Å². The monoisotopic (exact) mass is 398 g/mol. The van der Waals surface area contributed by atoms with E-state index in [0.717, 1.165) is 22.9 Å². The van der Waals surface area contributed by atoms with Gasteiger partial charge in [0.2, 0.25) is 11.8 Å². The molecule has 1 aromatic heterocycles. The molecular weight excluding hydrogens is 380 g/mol. The molecule has 0 saturated carbocycles. The van der Waals surface area contributed by atoms with Gasteiger partial charge in [0.1, 0.15) is 0 Å². The van der Waals surface area contributed by atoms with Crippen LogP contribution in [-0.2, 0) is 10.2 Å². The molecule has 3 aromatic rings. The first-order valence-corrected chi connectivity index (χ1v) is 9.21. The molecule has 4 nitrogen and oxygen atoms in total. The number of benzene rings is 2. The summed E-state index contributed by atoms with van der Waals surface area (Å²) in [6.45, 7) is 3.44. The standard InChI is InChI=1S/C20H19BrN2O2/c1-14-4-2-5-15(12-14)18-22-23-19(25-18)20(8-10-24-11-9-20)16-6-3-7-17(21)13-16/h2-7,12-13H,8-11H2,1H3. The van der Waals surface area contributed by atoms with Crippen molar-refractivity contribution in [1.29, 1.82) is 0 Å². The Morgan fingerprint density at radius 3 is 2.56 bits per heavy atom. The Hall–Kier alpha value is -1.98. The molecule has 0 amide bonds. The van der Waals surface area contributed by atoms with Crippen LogP contribution in [0.1, 0.15) is 29.9 Å². The van der Waals surface area contributed by atoms with E-state index in [1.807, 2.05) is 18.2 Å². The molecule has 0 atom stereocenters. The molecule has 5 heteroatoms. The summed E-state index contributed by atoms with van der Waals surface area (Å²) in [5, 5.41) is 8.76. The molecule has 0 bridgehead atoms. The van der Waals surface area contributed by atoms with E-state index >= 15 is 0 Å². The summed E-state index contributed by atoms with van der Waals surface area (Å²) in [6.07, 6.45) is 1.66. The van der Waals surface area contributed by atoms with Crippen molar-refractivity contribution in [2.45, 2.75) is 25.2 Å². The van der Waals surface area contributed by atoms with Gasteiger partial charge in [-0.3, -0.25) is 0 Å². The molecule has 2 aromatic carbocycles. The summed E-state index contributed by atoms with van der Waals surface area (Å²) in [4.78, 5) is 0. The van der Waals surface area contributed by atoms with E-state index in [0.29, 0.717) is 25.0 Å². The normalized spacial score (nSPS) is 16.7. The van der Waals surface area contributed by atoms with Gasteiger partial charge in [-0.1, -0.05) is 45.8 Å². The fourth-order valence-corrected chi connectivity index (χ4v) is 3.84. The summed E-state index contributed by atoms with van der Waals surface area (Å²) < 4.78 is 12.8. The number of ether oxygens (including phenoxy) is 1. The third-order valence-electron chi connectivity index (χ3n) is 4.82. The molecule has 0 unspecified atom stereocenters. The molecule has 0 spiro atoms. The Balaban J connectivity index is 1.79. The average Bonchev–Trinajstić information content (AvgIpc) is 3.13. The number of aryl methyl sites for hydroxylation is 1. The Bertz CT molecular complexity index is 885. The highest BCUT2D eigenvalue weighted by Gasteiger charge is 2.41. The van der Waals surface area contributed by atoms with Gasteiger partial charge in [0.25, 0.3) is 0 Å². The minimum Gasteiger partial charge on any atom is -0.420 e. The zero-order valence-corrected chi connectivity index (χ0v) is 15.6. The van der Waals surface area contributed by atoms with Crippen molar-refractivity contribution >= 4 is 15.9 Å². The van der Waals surface area contributed by atoms with E-state index < -0.39 is 0 Å². The molecule has 0 radical (unpaired) electrons. The lowest BCUT2D eigenvalue weighted by molar-refractivity contribution is 0.0546. The number of hydrogen-bond acceptors (Lipinski definition) is 4. The third-order valence-corrected chi connectivity index (χ3v) is 5.32. The average molecular weight is 399 g/mol. The molecule has 1 aliphatic heterocycles. The van der Waals surface area contributed by atoms with E-state index in [9.17, 15) is 0 Å². The van der Waals surface area contributed by atoms with Gasteiger partial charge in [0, 0.05) is 23.2 Å². The van der Waals surface area contributed by atoms with Gasteiger partial charge in [0.15, 0.2) is 0 Å². The predicted molar refractivity (Wildman–Crippen MR) is 99.4 cm³/mol. The second-order valence-electron chi connectivity index (χ2n) is 6.49. The van der Waals surface area contributed by atoms with Crippen LogP contribution < -0.4 is 0 Å². The number of nitrogens with zero attached hydrogens (tertiary/aromatic N) is 2. The van der Waals surface area contributed by atoms with Gasteiger partial charge >= 0.3 is 0 Å². The highest BCUT2D eigenvalue weighted by atomic mass is 79.9. The zero-order valence-electron chi connectivity index (χ0n) is 14.0. The SMILES string of the molecule is Cc1cccc(-c2nnc(C3(c4cccc(Br)c4)CCOCC3)o2)c1. The first-order valence-electron chi connectivity index (χ1n) is 8.42. The quantitative estimate of drug-likeness (QED) is 0.628. The van der Waals surface area contributed by atoms with Crippen LogP contribution in [-0.4, -0.2) is 23.4 Å². The number of rotatable bonds is 3. The summed E-state index contributed by atoms with van der Waals surface area (Å²) in [6, 6.07) is 16.5. The fourth-order valence-electron chi connectivity index (χ4n) is 3.44. The van der Waals surface area contributed by atoms with Crippen molar-refractivity contribution < 1.29 is 9.15 Å². The van der Waals surface area contributed by atoms with E-state index in [-0.39, 0.29) is 5.41 Å². The van der Waals surface area contributed by atoms with E-state index in [2.05, 4.69) is 63.4 Å². The maximum atomic E-state index is 6.17. The predicted octanol–water partition coefficient (Wildman–Crippen LogP) is 4.90. The number of aromatic nitrogens is 2. The smallest absolute Gasteiger partial charge is 0.247 e. The van der Waals surface area contributed by atoms with Gasteiger partial charge in [-0.2, -0.15) is 0 Å². The molecule has 0 aliphatic carbocycles. The van der Waals surface area contributed by atoms with Crippen molar-refractivity contribution in [1.82, 2.24) is 10.2 Å². The van der Waals surface area contributed by atoms with Crippen molar-refractivity contribution in [2.24, 2.45) is 0 Å². The second-order valence-corrected chi connectivity index (χ2v) is 7.40. The van der Waals surface area contributed by atoms with Crippen LogP contribution in [0.4, 0.5) is 0 Å². The van der Waals surface area contributed by atoms with Crippen molar-refractivity contribution in [3.05, 3.63) is 70.0 Å². The van der Waals surface area contributed by atoms with Crippen LogP contribution in [0, 0.1) is 6.92 Å². The van der Waals surface area contributed by atoms with Gasteiger partial charge in [0.05, 0.1) is 5.41 Å². The van der Waals surface area contributed by atoms with Gasteiger partial charge in [-0.15, -0.1) is 10.2 Å². The zero-order chi connectivity index (χ0) is 17.3. The van der Waals surface area contributed by atoms with Crippen LogP contribution in [0.25, 0.3) is 11.5 Å². The lowest BCUT2D eigenvalue weighted by Gasteiger charge is -2.34. The third kappa shape index (κ3) is 3.14. The van der Waals surface area contributed by atoms with Crippen LogP contribution in [0.15, 0.2) is 57.4 Å². The second kappa shape index (κ2) is 6.73. The van der Waals surface area contributed by atoms with Crippen LogP contribution in [0.5, 0.6) is 0 Å². The topological polar surface area (TPSA) is 48.2 Å². The van der Waals surface area contributed by atoms with Gasteiger partial charge in [-0.25, -0.2) is 0 Å². The van der Waals surface area contributed by atoms with Gasteiger partial charge < -0.3 is 9.15 Å². The largest absolute Gasteiger partial charge is 0.420 e. The maximum absolute atomic E-state index is 6.17. The summed E-state index contributed by atoms with van der Waals surface area (Å²) in [5.74, 6) is 1.24. The highest BCUT2D eigenvalue weighted by Crippen LogP contribution is 2.42. The minimum absolute atomic E-state index is 0.295.